The van der Waals surface area contributed by atoms with Crippen LogP contribution in [0.1, 0.15) is 29.9 Å². The summed E-state index contributed by atoms with van der Waals surface area (Å²) in [6, 6.07) is 10.5. The summed E-state index contributed by atoms with van der Waals surface area (Å²) in [5.41, 5.74) is 1.39. The van der Waals surface area contributed by atoms with Crippen LogP contribution in [-0.4, -0.2) is 28.9 Å². The van der Waals surface area contributed by atoms with Crippen LogP contribution in [0.3, 0.4) is 0 Å². The fraction of sp³-hybridized carbons (Fsp3) is 0.238. The van der Waals surface area contributed by atoms with Gasteiger partial charge in [-0.2, -0.15) is 0 Å². The predicted octanol–water partition coefficient (Wildman–Crippen LogP) is 5.15. The number of aromatic nitrogens is 1. The number of benzene rings is 2. The molecule has 1 aromatic heterocycles. The first-order chi connectivity index (χ1) is 13.3. The standard InChI is InChI=1S/C21H20F2N2O2S/c1-13(2)25(3)21(26)19-12-28-20(24-19)17-9-8-16(10-18(17)23)27-11-14-4-6-15(22)7-5-14/h4-10,12-13H,11H2,1-3H3. The summed E-state index contributed by atoms with van der Waals surface area (Å²) in [4.78, 5) is 18.2. The first kappa shape index (κ1) is 19.9. The van der Waals surface area contributed by atoms with E-state index in [0.717, 1.165) is 5.56 Å². The number of carbonyl (C=O) groups is 1. The zero-order valence-corrected chi connectivity index (χ0v) is 16.6. The minimum atomic E-state index is -0.484. The SMILES string of the molecule is CC(C)N(C)C(=O)c1csc(-c2ccc(OCc3ccc(F)cc3)cc2F)n1. The van der Waals surface area contributed by atoms with E-state index in [9.17, 15) is 13.6 Å². The van der Waals surface area contributed by atoms with Gasteiger partial charge in [0.1, 0.15) is 34.7 Å². The van der Waals surface area contributed by atoms with E-state index in [-0.39, 0.29) is 24.4 Å². The van der Waals surface area contributed by atoms with E-state index in [1.807, 2.05) is 13.8 Å². The van der Waals surface area contributed by atoms with Gasteiger partial charge in [0.2, 0.25) is 0 Å². The number of ether oxygens (including phenoxy) is 1. The van der Waals surface area contributed by atoms with Crippen LogP contribution in [0, 0.1) is 11.6 Å². The summed E-state index contributed by atoms with van der Waals surface area (Å²) in [6.07, 6.45) is 0. The second-order valence-electron chi connectivity index (χ2n) is 6.60. The third-order valence-electron chi connectivity index (χ3n) is 4.31. The summed E-state index contributed by atoms with van der Waals surface area (Å²) >= 11 is 1.22. The maximum atomic E-state index is 14.6. The first-order valence-corrected chi connectivity index (χ1v) is 9.63. The van der Waals surface area contributed by atoms with Crippen molar-refractivity contribution in [1.82, 2.24) is 9.88 Å². The Morgan fingerprint density at radius 2 is 1.89 bits per heavy atom. The average molecular weight is 402 g/mol. The molecule has 0 spiro atoms. The van der Waals surface area contributed by atoms with Crippen LogP contribution in [0.15, 0.2) is 47.8 Å². The largest absolute Gasteiger partial charge is 0.489 e. The lowest BCUT2D eigenvalue weighted by Crippen LogP contribution is -2.33. The molecule has 0 bridgehead atoms. The molecule has 3 rings (SSSR count). The van der Waals surface area contributed by atoms with Crippen LogP contribution in [0.25, 0.3) is 10.6 Å². The fourth-order valence-electron chi connectivity index (χ4n) is 2.42. The maximum Gasteiger partial charge on any atom is 0.273 e. The average Bonchev–Trinajstić information content (AvgIpc) is 3.16. The number of amides is 1. The molecule has 0 fully saturated rings. The highest BCUT2D eigenvalue weighted by Crippen LogP contribution is 2.29. The molecule has 2 aromatic carbocycles. The lowest BCUT2D eigenvalue weighted by Gasteiger charge is -2.20. The second-order valence-corrected chi connectivity index (χ2v) is 7.46. The minimum absolute atomic E-state index is 0.0481. The van der Waals surface area contributed by atoms with E-state index in [4.69, 9.17) is 4.74 Å². The van der Waals surface area contributed by atoms with Gasteiger partial charge in [-0.05, 0) is 43.7 Å². The molecule has 0 aliphatic carbocycles. The Balaban J connectivity index is 1.72. The zero-order chi connectivity index (χ0) is 20.3. The van der Waals surface area contributed by atoms with Crippen LogP contribution in [0.2, 0.25) is 0 Å². The monoisotopic (exact) mass is 402 g/mol. The van der Waals surface area contributed by atoms with Crippen molar-refractivity contribution in [3.05, 3.63) is 70.7 Å². The highest BCUT2D eigenvalue weighted by Gasteiger charge is 2.19. The van der Waals surface area contributed by atoms with Gasteiger partial charge < -0.3 is 9.64 Å². The number of rotatable bonds is 6. The quantitative estimate of drug-likeness (QED) is 0.573. The Kier molecular flexibility index (Phi) is 6.04. The summed E-state index contributed by atoms with van der Waals surface area (Å²) in [6.45, 7) is 4.03. The zero-order valence-electron chi connectivity index (χ0n) is 15.8. The molecule has 0 saturated heterocycles. The van der Waals surface area contributed by atoms with Crippen LogP contribution in [-0.2, 0) is 6.61 Å². The Hall–Kier alpha value is -2.80. The summed E-state index contributed by atoms with van der Waals surface area (Å²) in [7, 11) is 1.71. The Morgan fingerprint density at radius 3 is 2.54 bits per heavy atom. The lowest BCUT2D eigenvalue weighted by atomic mass is 10.2. The van der Waals surface area contributed by atoms with Crippen LogP contribution < -0.4 is 4.74 Å². The van der Waals surface area contributed by atoms with Gasteiger partial charge in [-0.15, -0.1) is 11.3 Å². The molecule has 7 heteroatoms. The van der Waals surface area contributed by atoms with Crippen molar-refractivity contribution in [3.8, 4) is 16.3 Å². The topological polar surface area (TPSA) is 42.4 Å². The van der Waals surface area contributed by atoms with Crippen molar-refractivity contribution < 1.29 is 18.3 Å². The molecule has 146 valence electrons. The van der Waals surface area contributed by atoms with E-state index in [2.05, 4.69) is 4.98 Å². The molecule has 3 aromatic rings. The molecule has 0 saturated carbocycles. The van der Waals surface area contributed by atoms with Crippen molar-refractivity contribution in [2.75, 3.05) is 7.05 Å². The number of hydrogen-bond donors (Lipinski definition) is 0. The van der Waals surface area contributed by atoms with Crippen molar-refractivity contribution in [1.29, 1.82) is 0 Å². The van der Waals surface area contributed by atoms with Gasteiger partial charge in [-0.25, -0.2) is 13.8 Å². The molecule has 4 nitrogen and oxygen atoms in total. The molecule has 0 unspecified atom stereocenters. The van der Waals surface area contributed by atoms with E-state index < -0.39 is 5.82 Å². The molecule has 1 heterocycles. The van der Waals surface area contributed by atoms with Gasteiger partial charge in [0.25, 0.3) is 5.91 Å². The number of nitrogens with zero attached hydrogens (tertiary/aromatic N) is 2. The van der Waals surface area contributed by atoms with Crippen LogP contribution in [0.5, 0.6) is 5.75 Å². The number of thiazole rings is 1. The molecule has 0 aliphatic heterocycles. The van der Waals surface area contributed by atoms with Crippen molar-refractivity contribution in [2.24, 2.45) is 0 Å². The van der Waals surface area contributed by atoms with Gasteiger partial charge in [0, 0.05) is 30.1 Å². The van der Waals surface area contributed by atoms with Gasteiger partial charge in [-0.1, -0.05) is 12.1 Å². The first-order valence-electron chi connectivity index (χ1n) is 8.75. The molecule has 28 heavy (non-hydrogen) atoms. The van der Waals surface area contributed by atoms with Gasteiger partial charge in [0.15, 0.2) is 0 Å². The van der Waals surface area contributed by atoms with Crippen molar-refractivity contribution >= 4 is 17.2 Å². The number of carbonyl (C=O) groups excluding carboxylic acids is 1. The van der Waals surface area contributed by atoms with Gasteiger partial charge in [0.05, 0.1) is 0 Å². The third-order valence-corrected chi connectivity index (χ3v) is 5.18. The highest BCUT2D eigenvalue weighted by molar-refractivity contribution is 7.13. The molecule has 0 N–H and O–H groups in total. The molecular weight excluding hydrogens is 382 g/mol. The van der Waals surface area contributed by atoms with E-state index in [1.54, 1.807) is 41.6 Å². The third kappa shape index (κ3) is 4.54. The normalized spacial score (nSPS) is 10.9. The Morgan fingerprint density at radius 1 is 1.18 bits per heavy atom. The number of halogens is 2. The maximum absolute atomic E-state index is 14.6. The summed E-state index contributed by atoms with van der Waals surface area (Å²) in [5, 5.41) is 2.07. The lowest BCUT2D eigenvalue weighted by molar-refractivity contribution is 0.0750. The van der Waals surface area contributed by atoms with Gasteiger partial charge >= 0.3 is 0 Å². The number of hydrogen-bond acceptors (Lipinski definition) is 4. The second kappa shape index (κ2) is 8.48. The van der Waals surface area contributed by atoms with E-state index in [0.29, 0.717) is 22.0 Å². The Labute approximate surface area is 166 Å². The molecule has 1 amide bonds. The summed E-state index contributed by atoms with van der Waals surface area (Å²) in [5.74, 6) is -0.641. The molecular formula is C21H20F2N2O2S. The fourth-order valence-corrected chi connectivity index (χ4v) is 3.24. The molecule has 0 aliphatic rings. The van der Waals surface area contributed by atoms with Crippen LogP contribution in [0.4, 0.5) is 8.78 Å². The predicted molar refractivity (Wildman–Crippen MR) is 105 cm³/mol. The summed E-state index contributed by atoms with van der Waals surface area (Å²) < 4.78 is 33.0. The van der Waals surface area contributed by atoms with Crippen molar-refractivity contribution in [3.63, 3.8) is 0 Å². The van der Waals surface area contributed by atoms with E-state index in [1.165, 1.54) is 29.5 Å². The molecule has 0 radical (unpaired) electrons. The molecule has 0 atom stereocenters. The highest BCUT2D eigenvalue weighted by atomic mass is 32.1. The minimum Gasteiger partial charge on any atom is -0.489 e. The van der Waals surface area contributed by atoms with E-state index >= 15 is 0 Å². The van der Waals surface area contributed by atoms with Crippen LogP contribution >= 0.6 is 11.3 Å². The smallest absolute Gasteiger partial charge is 0.273 e. The van der Waals surface area contributed by atoms with Crippen molar-refractivity contribution in [2.45, 2.75) is 26.5 Å². The van der Waals surface area contributed by atoms with Gasteiger partial charge in [-0.3, -0.25) is 4.79 Å². The Bertz CT molecular complexity index is 971.